The van der Waals surface area contributed by atoms with Crippen LogP contribution in [0, 0.1) is 22.7 Å². The second kappa shape index (κ2) is 6.33. The molecule has 1 heterocycles. The molecule has 1 saturated carbocycles. The van der Waals surface area contributed by atoms with Crippen molar-refractivity contribution in [2.75, 3.05) is 26.2 Å². The van der Waals surface area contributed by atoms with E-state index in [1.54, 1.807) is 0 Å². The highest BCUT2D eigenvalue weighted by Crippen LogP contribution is 2.39. The van der Waals surface area contributed by atoms with Crippen LogP contribution in [0.15, 0.2) is 0 Å². The van der Waals surface area contributed by atoms with Crippen molar-refractivity contribution in [3.05, 3.63) is 0 Å². The highest BCUT2D eigenvalue weighted by atomic mass is 16.3. The molecule has 1 saturated heterocycles. The Kier molecular flexibility index (Phi) is 4.90. The van der Waals surface area contributed by atoms with Crippen LogP contribution in [0.4, 0.5) is 0 Å². The first kappa shape index (κ1) is 16.3. The summed E-state index contributed by atoms with van der Waals surface area (Å²) in [7, 11) is 0. The third-order valence-electron chi connectivity index (χ3n) is 5.39. The average Bonchev–Trinajstić information content (AvgIpc) is 3.33. The maximum atomic E-state index is 12.2. The van der Waals surface area contributed by atoms with Crippen molar-refractivity contribution in [2.45, 2.75) is 51.5 Å². The fraction of sp³-hybridized carbons (Fsp3) is 0.875. The Labute approximate surface area is 127 Å². The van der Waals surface area contributed by atoms with Crippen LogP contribution >= 0.6 is 0 Å². The smallest absolute Gasteiger partial charge is 0.235 e. The van der Waals surface area contributed by atoms with E-state index in [2.05, 4.69) is 23.2 Å². The molecule has 1 amide bonds. The molecule has 0 aromatic rings. The monoisotopic (exact) mass is 293 g/mol. The van der Waals surface area contributed by atoms with Crippen LogP contribution < -0.4 is 5.32 Å². The Balaban J connectivity index is 1.81. The lowest BCUT2D eigenvalue weighted by Gasteiger charge is -2.40. The normalized spacial score (nSPS) is 24.9. The molecule has 2 fully saturated rings. The quantitative estimate of drug-likeness (QED) is 0.773. The molecule has 0 aromatic carbocycles. The second-order valence-electron chi connectivity index (χ2n) is 6.92. The van der Waals surface area contributed by atoms with Gasteiger partial charge in [-0.25, -0.2) is 0 Å². The molecular formula is C16H27N3O2. The maximum absolute atomic E-state index is 12.2. The molecule has 2 N–H and O–H groups in total. The summed E-state index contributed by atoms with van der Waals surface area (Å²) in [6, 6.07) is 2.26. The van der Waals surface area contributed by atoms with Crippen LogP contribution in [0.3, 0.4) is 0 Å². The molecule has 0 spiro atoms. The molecule has 1 aliphatic heterocycles. The summed E-state index contributed by atoms with van der Waals surface area (Å²) in [5.41, 5.74) is -0.659. The summed E-state index contributed by atoms with van der Waals surface area (Å²) in [4.78, 5) is 14.3. The Morgan fingerprint density at radius 1 is 1.48 bits per heavy atom. The lowest BCUT2D eigenvalue weighted by Crippen LogP contribution is -2.52. The zero-order valence-electron chi connectivity index (χ0n) is 13.2. The summed E-state index contributed by atoms with van der Waals surface area (Å²) in [6.07, 6.45) is 4.92. The second-order valence-corrected chi connectivity index (χ2v) is 6.92. The number of nitrogens with one attached hydrogen (secondary N) is 1. The minimum atomic E-state index is -0.703. The number of aliphatic hydroxyl groups excluding tert-OH is 1. The number of hydrogen-bond acceptors (Lipinski definition) is 4. The first-order chi connectivity index (χ1) is 9.97. The molecule has 5 heteroatoms. The van der Waals surface area contributed by atoms with Crippen molar-refractivity contribution >= 4 is 5.91 Å². The molecule has 1 unspecified atom stereocenters. The zero-order chi connectivity index (χ0) is 15.5. The Morgan fingerprint density at radius 2 is 2.10 bits per heavy atom. The lowest BCUT2D eigenvalue weighted by atomic mass is 9.77. The molecular weight excluding hydrogens is 266 g/mol. The van der Waals surface area contributed by atoms with Gasteiger partial charge in [0.25, 0.3) is 0 Å². The van der Waals surface area contributed by atoms with Crippen LogP contribution in [-0.2, 0) is 4.79 Å². The fourth-order valence-electron chi connectivity index (χ4n) is 3.22. The number of piperidine rings is 1. The van der Waals surface area contributed by atoms with Gasteiger partial charge >= 0.3 is 0 Å². The Morgan fingerprint density at radius 3 is 2.52 bits per heavy atom. The van der Waals surface area contributed by atoms with Gasteiger partial charge < -0.3 is 10.4 Å². The third kappa shape index (κ3) is 3.75. The molecule has 5 nitrogen and oxygen atoms in total. The van der Waals surface area contributed by atoms with Crippen molar-refractivity contribution in [2.24, 2.45) is 11.3 Å². The first-order valence-corrected chi connectivity index (χ1v) is 8.02. The van der Waals surface area contributed by atoms with Gasteiger partial charge in [-0.05, 0) is 63.5 Å². The summed E-state index contributed by atoms with van der Waals surface area (Å²) in [6.45, 7) is 6.22. The van der Waals surface area contributed by atoms with E-state index in [9.17, 15) is 15.2 Å². The van der Waals surface area contributed by atoms with Crippen molar-refractivity contribution in [1.29, 1.82) is 5.26 Å². The number of hydrogen-bond donors (Lipinski definition) is 2. The van der Waals surface area contributed by atoms with E-state index >= 15 is 0 Å². The summed E-state index contributed by atoms with van der Waals surface area (Å²) < 4.78 is 0. The molecule has 0 radical (unpaired) electrons. The Bertz CT molecular complexity index is 414. The number of nitrogens with zero attached hydrogens (tertiary/aromatic N) is 2. The standard InChI is InChI=1S/C16H27N3O2/c1-3-16(12-20)6-8-19(9-7-16)10-14(21)18-15(2,11-17)13-4-5-13/h13,20H,3-10,12H2,1-2H3,(H,18,21). The number of likely N-dealkylation sites (tertiary alicyclic amines) is 1. The minimum Gasteiger partial charge on any atom is -0.396 e. The number of aliphatic hydroxyl groups is 1. The van der Waals surface area contributed by atoms with Crippen molar-refractivity contribution in [1.82, 2.24) is 10.2 Å². The summed E-state index contributed by atoms with van der Waals surface area (Å²) in [5, 5.41) is 21.7. The summed E-state index contributed by atoms with van der Waals surface area (Å²) >= 11 is 0. The highest BCUT2D eigenvalue weighted by molar-refractivity contribution is 5.79. The molecule has 2 aliphatic rings. The van der Waals surface area contributed by atoms with Gasteiger partial charge in [-0.15, -0.1) is 0 Å². The van der Waals surface area contributed by atoms with Crippen LogP contribution in [0.1, 0.15) is 46.0 Å². The van der Waals surface area contributed by atoms with E-state index in [0.29, 0.717) is 12.5 Å². The molecule has 2 rings (SSSR count). The number of carbonyl (C=O) groups excluding carboxylic acids is 1. The first-order valence-electron chi connectivity index (χ1n) is 8.02. The van der Waals surface area contributed by atoms with E-state index in [0.717, 1.165) is 45.2 Å². The molecule has 1 aliphatic carbocycles. The molecule has 0 aromatic heterocycles. The lowest BCUT2D eigenvalue weighted by molar-refractivity contribution is -0.124. The zero-order valence-corrected chi connectivity index (χ0v) is 13.2. The van der Waals surface area contributed by atoms with Gasteiger partial charge in [-0.3, -0.25) is 9.69 Å². The minimum absolute atomic E-state index is 0.0438. The van der Waals surface area contributed by atoms with Gasteiger partial charge in [-0.2, -0.15) is 5.26 Å². The molecule has 21 heavy (non-hydrogen) atoms. The van der Waals surface area contributed by atoms with Crippen LogP contribution in [0.5, 0.6) is 0 Å². The van der Waals surface area contributed by atoms with E-state index in [-0.39, 0.29) is 17.9 Å². The van der Waals surface area contributed by atoms with Gasteiger partial charge in [0.15, 0.2) is 0 Å². The molecule has 0 bridgehead atoms. The third-order valence-corrected chi connectivity index (χ3v) is 5.39. The summed E-state index contributed by atoms with van der Waals surface area (Å²) in [5.74, 6) is 0.258. The topological polar surface area (TPSA) is 76.4 Å². The van der Waals surface area contributed by atoms with E-state index in [1.807, 2.05) is 6.92 Å². The number of amides is 1. The predicted molar refractivity (Wildman–Crippen MR) is 80.4 cm³/mol. The molecule has 118 valence electrons. The van der Waals surface area contributed by atoms with Gasteiger partial charge in [0.05, 0.1) is 12.6 Å². The largest absolute Gasteiger partial charge is 0.396 e. The van der Waals surface area contributed by atoms with E-state index in [1.165, 1.54) is 0 Å². The van der Waals surface area contributed by atoms with Crippen LogP contribution in [-0.4, -0.2) is 47.7 Å². The van der Waals surface area contributed by atoms with Crippen molar-refractivity contribution < 1.29 is 9.90 Å². The van der Waals surface area contributed by atoms with E-state index in [4.69, 9.17) is 0 Å². The number of carbonyl (C=O) groups is 1. The van der Waals surface area contributed by atoms with E-state index < -0.39 is 5.54 Å². The van der Waals surface area contributed by atoms with Crippen LogP contribution in [0.2, 0.25) is 0 Å². The number of nitriles is 1. The van der Waals surface area contributed by atoms with Crippen molar-refractivity contribution in [3.8, 4) is 6.07 Å². The predicted octanol–water partition coefficient (Wildman–Crippen LogP) is 1.28. The van der Waals surface area contributed by atoms with Gasteiger partial charge in [0, 0.05) is 6.61 Å². The van der Waals surface area contributed by atoms with Crippen LogP contribution in [0.25, 0.3) is 0 Å². The highest BCUT2D eigenvalue weighted by Gasteiger charge is 2.43. The van der Waals surface area contributed by atoms with Crippen molar-refractivity contribution in [3.63, 3.8) is 0 Å². The SMILES string of the molecule is CCC1(CO)CCN(CC(=O)NC(C)(C#N)C2CC2)CC1. The van der Waals surface area contributed by atoms with Gasteiger partial charge in [0.1, 0.15) is 5.54 Å². The molecule has 1 atom stereocenters. The number of rotatable bonds is 6. The van der Waals surface area contributed by atoms with Gasteiger partial charge in [0.2, 0.25) is 5.91 Å². The Hall–Kier alpha value is -1.12. The van der Waals surface area contributed by atoms with Gasteiger partial charge in [-0.1, -0.05) is 6.92 Å². The maximum Gasteiger partial charge on any atom is 0.235 e. The fourth-order valence-corrected chi connectivity index (χ4v) is 3.22. The average molecular weight is 293 g/mol.